The van der Waals surface area contributed by atoms with Gasteiger partial charge in [-0.25, -0.2) is 9.59 Å². The zero-order valence-corrected chi connectivity index (χ0v) is 17.9. The summed E-state index contributed by atoms with van der Waals surface area (Å²) in [7, 11) is 3.75. The summed E-state index contributed by atoms with van der Waals surface area (Å²) in [5.41, 5.74) is 0.888. The number of nitrogens with zero attached hydrogens (tertiary/aromatic N) is 1. The Hall–Kier alpha value is -3.40. The largest absolute Gasteiger partial charge is 0.493 e. The first-order chi connectivity index (χ1) is 14.3. The summed E-state index contributed by atoms with van der Waals surface area (Å²) >= 11 is 3.39. The Morgan fingerprint density at radius 1 is 1.07 bits per heavy atom. The van der Waals surface area contributed by atoms with Crippen molar-refractivity contribution in [3.63, 3.8) is 0 Å². The summed E-state index contributed by atoms with van der Waals surface area (Å²) in [6.45, 7) is 0.137. The third kappa shape index (κ3) is 5.57. The molecule has 2 aromatic rings. The highest BCUT2D eigenvalue weighted by atomic mass is 79.9. The molecule has 9 nitrogen and oxygen atoms in total. The Balaban J connectivity index is 2.30. The summed E-state index contributed by atoms with van der Waals surface area (Å²) < 4.78 is 20.9. The van der Waals surface area contributed by atoms with Crippen molar-refractivity contribution in [1.29, 1.82) is 0 Å². The van der Waals surface area contributed by atoms with E-state index >= 15 is 0 Å². The molecular weight excluding hydrogens is 462 g/mol. The van der Waals surface area contributed by atoms with Crippen molar-refractivity contribution in [2.45, 2.75) is 6.61 Å². The van der Waals surface area contributed by atoms with Crippen LogP contribution in [-0.2, 0) is 25.7 Å². The molecular formula is C20H18BrNO8. The first kappa shape index (κ1) is 22.9. The number of nitro groups is 1. The van der Waals surface area contributed by atoms with Gasteiger partial charge in [0.1, 0.15) is 12.2 Å². The van der Waals surface area contributed by atoms with Crippen LogP contribution in [0.1, 0.15) is 11.1 Å². The van der Waals surface area contributed by atoms with Gasteiger partial charge in [0.2, 0.25) is 0 Å². The summed E-state index contributed by atoms with van der Waals surface area (Å²) in [6.07, 6.45) is 1.31. The lowest BCUT2D eigenvalue weighted by Crippen LogP contribution is -2.15. The number of esters is 2. The van der Waals surface area contributed by atoms with E-state index in [9.17, 15) is 19.7 Å². The molecule has 0 spiro atoms. The van der Waals surface area contributed by atoms with Crippen molar-refractivity contribution >= 4 is 39.6 Å². The number of nitro benzene ring substituents is 1. The molecule has 158 valence electrons. The molecule has 2 rings (SSSR count). The van der Waals surface area contributed by atoms with Crippen molar-refractivity contribution in [3.05, 3.63) is 67.7 Å². The van der Waals surface area contributed by atoms with Gasteiger partial charge in [0.25, 0.3) is 5.69 Å². The zero-order chi connectivity index (χ0) is 22.3. The van der Waals surface area contributed by atoms with Gasteiger partial charge in [-0.3, -0.25) is 10.1 Å². The Bertz CT molecular complexity index is 967. The molecule has 0 radical (unpaired) electrons. The summed E-state index contributed by atoms with van der Waals surface area (Å²) in [6, 6.07) is 9.16. The van der Waals surface area contributed by atoms with E-state index in [1.54, 1.807) is 24.3 Å². The third-order valence-corrected chi connectivity index (χ3v) is 4.49. The van der Waals surface area contributed by atoms with Crippen LogP contribution >= 0.6 is 15.9 Å². The lowest BCUT2D eigenvalue weighted by Gasteiger charge is -2.14. The Morgan fingerprint density at radius 3 is 2.17 bits per heavy atom. The normalized spacial score (nSPS) is 10.0. The van der Waals surface area contributed by atoms with Crippen LogP contribution in [0.5, 0.6) is 11.5 Å². The molecule has 0 unspecified atom stereocenters. The molecule has 0 aromatic heterocycles. The number of carbonyl (C=O) groups is 2. The molecule has 0 heterocycles. The number of benzene rings is 2. The van der Waals surface area contributed by atoms with Crippen molar-refractivity contribution < 1.29 is 33.5 Å². The minimum absolute atomic E-state index is 0.0133. The highest BCUT2D eigenvalue weighted by Gasteiger charge is 2.21. The van der Waals surface area contributed by atoms with E-state index in [1.165, 1.54) is 25.3 Å². The van der Waals surface area contributed by atoms with Gasteiger partial charge in [-0.15, -0.1) is 0 Å². The Labute approximate surface area is 180 Å². The Morgan fingerprint density at radius 2 is 1.67 bits per heavy atom. The molecule has 0 saturated heterocycles. The molecule has 10 heteroatoms. The van der Waals surface area contributed by atoms with Crippen LogP contribution in [0.15, 0.2) is 46.4 Å². The third-order valence-electron chi connectivity index (χ3n) is 3.90. The maximum atomic E-state index is 11.8. The van der Waals surface area contributed by atoms with E-state index < -0.39 is 16.9 Å². The van der Waals surface area contributed by atoms with E-state index in [-0.39, 0.29) is 17.9 Å². The maximum Gasteiger partial charge on any atom is 0.345 e. The van der Waals surface area contributed by atoms with Gasteiger partial charge in [-0.2, -0.15) is 0 Å². The fourth-order valence-corrected chi connectivity index (χ4v) is 2.99. The van der Waals surface area contributed by atoms with Gasteiger partial charge >= 0.3 is 11.9 Å². The topological polar surface area (TPSA) is 114 Å². The molecule has 0 saturated carbocycles. The van der Waals surface area contributed by atoms with Crippen LogP contribution in [0, 0.1) is 10.1 Å². The number of methoxy groups -OCH3 is 3. The minimum atomic E-state index is -0.838. The lowest BCUT2D eigenvalue weighted by atomic mass is 10.1. The van der Waals surface area contributed by atoms with Crippen LogP contribution in [0.2, 0.25) is 0 Å². The van der Waals surface area contributed by atoms with E-state index in [0.717, 1.165) is 19.8 Å². The van der Waals surface area contributed by atoms with Crippen LogP contribution in [0.4, 0.5) is 5.69 Å². The highest BCUT2D eigenvalue weighted by Crippen LogP contribution is 2.38. The SMILES string of the molecule is COC(=O)C(=Cc1cc(Br)c(OCc2ccc([N+](=O)[O-])cc2)c(OC)c1)C(=O)OC. The standard InChI is InChI=1S/C20H18BrNO8/c1-27-17-10-13(8-15(19(23)28-2)20(24)29-3)9-16(21)18(17)30-11-12-4-6-14(7-5-12)22(25)26/h4-10H,11H2,1-3H3. The van der Waals surface area contributed by atoms with Gasteiger partial charge in [0, 0.05) is 12.1 Å². The quantitative estimate of drug-likeness (QED) is 0.140. The molecule has 0 atom stereocenters. The molecule has 0 aliphatic heterocycles. The fraction of sp³-hybridized carbons (Fsp3) is 0.200. The molecule has 0 amide bonds. The number of hydrogen-bond donors (Lipinski definition) is 0. The monoisotopic (exact) mass is 479 g/mol. The number of halogens is 1. The first-order valence-electron chi connectivity index (χ1n) is 8.42. The summed E-state index contributed by atoms with van der Waals surface area (Å²) in [5, 5.41) is 10.7. The predicted octanol–water partition coefficient (Wildman–Crippen LogP) is 3.67. The average Bonchev–Trinajstić information content (AvgIpc) is 2.75. The van der Waals surface area contributed by atoms with E-state index in [1.807, 2.05) is 0 Å². The maximum absolute atomic E-state index is 11.8. The number of ether oxygens (including phenoxy) is 4. The fourth-order valence-electron chi connectivity index (χ4n) is 2.42. The Kier molecular flexibility index (Phi) is 7.93. The number of carbonyl (C=O) groups excluding carboxylic acids is 2. The second-order valence-electron chi connectivity index (χ2n) is 5.79. The van der Waals surface area contributed by atoms with Crippen LogP contribution in [0.3, 0.4) is 0 Å². The minimum Gasteiger partial charge on any atom is -0.493 e. The predicted molar refractivity (Wildman–Crippen MR) is 110 cm³/mol. The van der Waals surface area contributed by atoms with E-state index in [0.29, 0.717) is 21.5 Å². The smallest absolute Gasteiger partial charge is 0.345 e. The van der Waals surface area contributed by atoms with Crippen LogP contribution < -0.4 is 9.47 Å². The molecule has 0 fully saturated rings. The van der Waals surface area contributed by atoms with E-state index in [2.05, 4.69) is 25.4 Å². The van der Waals surface area contributed by atoms with Crippen molar-refractivity contribution in [2.75, 3.05) is 21.3 Å². The van der Waals surface area contributed by atoms with E-state index in [4.69, 9.17) is 9.47 Å². The molecule has 2 aromatic carbocycles. The molecule has 0 N–H and O–H groups in total. The van der Waals surface area contributed by atoms with Crippen molar-refractivity contribution in [3.8, 4) is 11.5 Å². The molecule has 30 heavy (non-hydrogen) atoms. The first-order valence-corrected chi connectivity index (χ1v) is 9.22. The lowest BCUT2D eigenvalue weighted by molar-refractivity contribution is -0.384. The van der Waals surface area contributed by atoms with Crippen molar-refractivity contribution in [2.24, 2.45) is 0 Å². The van der Waals surface area contributed by atoms with Gasteiger partial charge in [-0.05, 0) is 57.4 Å². The van der Waals surface area contributed by atoms with Gasteiger partial charge in [0.15, 0.2) is 11.5 Å². The number of rotatable bonds is 8. The molecule has 0 aliphatic rings. The summed E-state index contributed by atoms with van der Waals surface area (Å²) in [5.74, 6) is -0.955. The summed E-state index contributed by atoms with van der Waals surface area (Å²) in [4.78, 5) is 34.0. The average molecular weight is 480 g/mol. The van der Waals surface area contributed by atoms with Gasteiger partial charge in [-0.1, -0.05) is 0 Å². The highest BCUT2D eigenvalue weighted by molar-refractivity contribution is 9.10. The van der Waals surface area contributed by atoms with Crippen molar-refractivity contribution in [1.82, 2.24) is 0 Å². The number of non-ortho nitro benzene ring substituents is 1. The van der Waals surface area contributed by atoms with Gasteiger partial charge < -0.3 is 18.9 Å². The second kappa shape index (κ2) is 10.4. The zero-order valence-electron chi connectivity index (χ0n) is 16.3. The van der Waals surface area contributed by atoms with Gasteiger partial charge in [0.05, 0.1) is 30.7 Å². The van der Waals surface area contributed by atoms with Crippen LogP contribution in [0.25, 0.3) is 6.08 Å². The molecule has 0 bridgehead atoms. The second-order valence-corrected chi connectivity index (χ2v) is 6.64. The number of hydrogen-bond acceptors (Lipinski definition) is 8. The molecule has 0 aliphatic carbocycles. The van der Waals surface area contributed by atoms with Crippen LogP contribution in [-0.4, -0.2) is 38.2 Å².